The van der Waals surface area contributed by atoms with Crippen LogP contribution in [0.4, 0.5) is 0 Å². The minimum atomic E-state index is -0.0899. The van der Waals surface area contributed by atoms with Crippen LogP contribution in [0.2, 0.25) is 5.02 Å². The summed E-state index contributed by atoms with van der Waals surface area (Å²) in [5.41, 5.74) is 1.52. The SMILES string of the molecule is O=c1c(-c2ccccn2)coc2ccc3cc(Cl)ccc3c12. The Labute approximate surface area is 130 Å². The largest absolute Gasteiger partial charge is 0.463 e. The maximum Gasteiger partial charge on any atom is 0.202 e. The summed E-state index contributed by atoms with van der Waals surface area (Å²) in [7, 11) is 0. The Morgan fingerprint density at radius 2 is 1.95 bits per heavy atom. The number of hydrogen-bond donors (Lipinski definition) is 0. The average molecular weight is 308 g/mol. The highest BCUT2D eigenvalue weighted by atomic mass is 35.5. The second kappa shape index (κ2) is 4.97. The molecule has 0 atom stereocenters. The molecular weight excluding hydrogens is 298 g/mol. The monoisotopic (exact) mass is 307 g/mol. The van der Waals surface area contributed by atoms with Gasteiger partial charge in [0.15, 0.2) is 0 Å². The summed E-state index contributed by atoms with van der Waals surface area (Å²) in [5.74, 6) is 0. The minimum Gasteiger partial charge on any atom is -0.463 e. The standard InChI is InChI=1S/C18H10ClNO2/c19-12-5-6-13-11(9-12)4-7-16-17(13)18(21)14(10-22-16)15-3-1-2-8-20-15/h1-10H. The molecule has 2 heterocycles. The van der Waals surface area contributed by atoms with Crippen molar-refractivity contribution in [1.29, 1.82) is 0 Å². The number of hydrogen-bond acceptors (Lipinski definition) is 3. The van der Waals surface area contributed by atoms with Gasteiger partial charge in [0, 0.05) is 11.2 Å². The summed E-state index contributed by atoms with van der Waals surface area (Å²) >= 11 is 6.03. The molecule has 2 aromatic heterocycles. The normalized spacial score (nSPS) is 11.1. The highest BCUT2D eigenvalue weighted by Crippen LogP contribution is 2.27. The Balaban J connectivity index is 2.14. The second-order valence-electron chi connectivity index (χ2n) is 5.00. The van der Waals surface area contributed by atoms with E-state index in [4.69, 9.17) is 16.0 Å². The van der Waals surface area contributed by atoms with E-state index in [1.807, 2.05) is 30.3 Å². The zero-order valence-electron chi connectivity index (χ0n) is 11.4. The van der Waals surface area contributed by atoms with Crippen molar-refractivity contribution in [2.75, 3.05) is 0 Å². The van der Waals surface area contributed by atoms with Crippen LogP contribution in [0.3, 0.4) is 0 Å². The quantitative estimate of drug-likeness (QED) is 0.480. The van der Waals surface area contributed by atoms with Gasteiger partial charge in [-0.05, 0) is 41.1 Å². The molecule has 0 bridgehead atoms. The van der Waals surface area contributed by atoms with Crippen LogP contribution in [-0.2, 0) is 0 Å². The molecule has 4 aromatic rings. The summed E-state index contributed by atoms with van der Waals surface area (Å²) < 4.78 is 5.64. The summed E-state index contributed by atoms with van der Waals surface area (Å²) in [6.07, 6.45) is 3.12. The minimum absolute atomic E-state index is 0.0899. The Kier molecular flexibility index (Phi) is 2.94. The van der Waals surface area contributed by atoms with Gasteiger partial charge in [-0.15, -0.1) is 0 Å². The van der Waals surface area contributed by atoms with Gasteiger partial charge < -0.3 is 4.42 Å². The first-order valence-electron chi connectivity index (χ1n) is 6.79. The van der Waals surface area contributed by atoms with Crippen molar-refractivity contribution in [3.8, 4) is 11.3 Å². The highest BCUT2D eigenvalue weighted by Gasteiger charge is 2.12. The molecule has 0 aliphatic rings. The Morgan fingerprint density at radius 1 is 1.05 bits per heavy atom. The van der Waals surface area contributed by atoms with Crippen LogP contribution in [0.5, 0.6) is 0 Å². The maximum absolute atomic E-state index is 12.9. The van der Waals surface area contributed by atoms with Gasteiger partial charge in [0.1, 0.15) is 11.8 Å². The summed E-state index contributed by atoms with van der Waals surface area (Å²) in [5, 5.41) is 2.92. The fourth-order valence-corrected chi connectivity index (χ4v) is 2.80. The van der Waals surface area contributed by atoms with E-state index in [-0.39, 0.29) is 5.43 Å². The van der Waals surface area contributed by atoms with E-state index in [0.29, 0.717) is 27.2 Å². The van der Waals surface area contributed by atoms with Gasteiger partial charge in [0.05, 0.1) is 16.6 Å². The van der Waals surface area contributed by atoms with Gasteiger partial charge in [-0.1, -0.05) is 29.8 Å². The predicted octanol–water partition coefficient (Wildman–Crippen LogP) is 4.66. The van der Waals surface area contributed by atoms with Crippen LogP contribution >= 0.6 is 11.6 Å². The van der Waals surface area contributed by atoms with Crippen LogP contribution in [0.15, 0.2) is 70.2 Å². The molecule has 106 valence electrons. The van der Waals surface area contributed by atoms with E-state index in [1.165, 1.54) is 6.26 Å². The summed E-state index contributed by atoms with van der Waals surface area (Å²) in [6, 6.07) is 14.6. The third-order valence-electron chi connectivity index (χ3n) is 3.66. The van der Waals surface area contributed by atoms with Gasteiger partial charge in [-0.3, -0.25) is 9.78 Å². The lowest BCUT2D eigenvalue weighted by molar-refractivity contribution is 0.605. The van der Waals surface area contributed by atoms with Gasteiger partial charge in [-0.25, -0.2) is 0 Å². The number of aromatic nitrogens is 1. The number of nitrogens with zero attached hydrogens (tertiary/aromatic N) is 1. The van der Waals surface area contributed by atoms with Crippen molar-refractivity contribution < 1.29 is 4.42 Å². The fourth-order valence-electron chi connectivity index (χ4n) is 2.62. The van der Waals surface area contributed by atoms with Gasteiger partial charge in [0.2, 0.25) is 5.43 Å². The Morgan fingerprint density at radius 3 is 2.77 bits per heavy atom. The van der Waals surface area contributed by atoms with E-state index in [2.05, 4.69) is 4.98 Å². The lowest BCUT2D eigenvalue weighted by atomic mass is 10.0. The molecule has 0 saturated heterocycles. The number of rotatable bonds is 1. The number of pyridine rings is 1. The lowest BCUT2D eigenvalue weighted by Crippen LogP contribution is -2.06. The third kappa shape index (κ3) is 1.98. The van der Waals surface area contributed by atoms with Gasteiger partial charge in [-0.2, -0.15) is 0 Å². The molecule has 0 saturated carbocycles. The lowest BCUT2D eigenvalue weighted by Gasteiger charge is -2.05. The molecule has 0 N–H and O–H groups in total. The maximum atomic E-state index is 12.9. The summed E-state index contributed by atoms with van der Waals surface area (Å²) in [6.45, 7) is 0. The first-order chi connectivity index (χ1) is 10.7. The molecule has 0 fully saturated rings. The molecule has 0 aliphatic heterocycles. The van der Waals surface area contributed by atoms with Crippen LogP contribution < -0.4 is 5.43 Å². The molecule has 2 aromatic carbocycles. The molecule has 4 heteroatoms. The molecule has 0 unspecified atom stereocenters. The van der Waals surface area contributed by atoms with Crippen molar-refractivity contribution in [3.05, 3.63) is 76.2 Å². The first-order valence-corrected chi connectivity index (χ1v) is 7.17. The van der Waals surface area contributed by atoms with Crippen molar-refractivity contribution in [1.82, 2.24) is 4.98 Å². The molecule has 4 rings (SSSR count). The highest BCUT2D eigenvalue weighted by molar-refractivity contribution is 6.31. The zero-order valence-corrected chi connectivity index (χ0v) is 12.2. The van der Waals surface area contributed by atoms with Gasteiger partial charge >= 0.3 is 0 Å². The molecule has 0 spiro atoms. The predicted molar refractivity (Wildman–Crippen MR) is 88.2 cm³/mol. The Hall–Kier alpha value is -2.65. The zero-order chi connectivity index (χ0) is 15.1. The van der Waals surface area contributed by atoms with Crippen molar-refractivity contribution >= 4 is 33.3 Å². The topological polar surface area (TPSA) is 43.1 Å². The number of halogens is 1. The number of benzene rings is 2. The van der Waals surface area contributed by atoms with E-state index >= 15 is 0 Å². The van der Waals surface area contributed by atoms with Crippen LogP contribution in [-0.4, -0.2) is 4.98 Å². The molecule has 22 heavy (non-hydrogen) atoms. The fraction of sp³-hybridized carbons (Fsp3) is 0. The third-order valence-corrected chi connectivity index (χ3v) is 3.89. The van der Waals surface area contributed by atoms with Crippen molar-refractivity contribution in [2.45, 2.75) is 0 Å². The van der Waals surface area contributed by atoms with Gasteiger partial charge in [0.25, 0.3) is 0 Å². The molecule has 0 amide bonds. The van der Waals surface area contributed by atoms with Crippen LogP contribution in [0, 0.1) is 0 Å². The van der Waals surface area contributed by atoms with E-state index in [0.717, 1.165) is 10.8 Å². The smallest absolute Gasteiger partial charge is 0.202 e. The first kappa shape index (κ1) is 13.0. The van der Waals surface area contributed by atoms with Crippen molar-refractivity contribution in [2.24, 2.45) is 0 Å². The van der Waals surface area contributed by atoms with Crippen LogP contribution in [0.1, 0.15) is 0 Å². The molecule has 0 aliphatic carbocycles. The van der Waals surface area contributed by atoms with E-state index in [9.17, 15) is 4.79 Å². The number of fused-ring (bicyclic) bond motifs is 3. The van der Waals surface area contributed by atoms with E-state index in [1.54, 1.807) is 24.4 Å². The van der Waals surface area contributed by atoms with Crippen LogP contribution in [0.25, 0.3) is 33.0 Å². The summed E-state index contributed by atoms with van der Waals surface area (Å²) in [4.78, 5) is 17.1. The Bertz CT molecular complexity index is 1060. The van der Waals surface area contributed by atoms with E-state index < -0.39 is 0 Å². The molecule has 0 radical (unpaired) electrons. The molecular formula is C18H10ClNO2. The second-order valence-corrected chi connectivity index (χ2v) is 5.43. The van der Waals surface area contributed by atoms with Crippen molar-refractivity contribution in [3.63, 3.8) is 0 Å². The molecule has 3 nitrogen and oxygen atoms in total. The average Bonchev–Trinajstić information content (AvgIpc) is 2.55.